The lowest BCUT2D eigenvalue weighted by Crippen LogP contribution is -2.61. The lowest BCUT2D eigenvalue weighted by molar-refractivity contribution is -0.185. The van der Waals surface area contributed by atoms with Crippen molar-refractivity contribution < 1.29 is 24.5 Å². The molecule has 6 atom stereocenters. The smallest absolute Gasteiger partial charge is 0.411 e. The summed E-state index contributed by atoms with van der Waals surface area (Å²) in [5, 5.41) is 29.4. The van der Waals surface area contributed by atoms with Crippen LogP contribution in [0.5, 0.6) is 0 Å². The van der Waals surface area contributed by atoms with Crippen molar-refractivity contribution in [1.29, 1.82) is 0 Å². The summed E-state index contributed by atoms with van der Waals surface area (Å²) in [6.07, 6.45) is 3.15. The van der Waals surface area contributed by atoms with Crippen molar-refractivity contribution in [3.05, 3.63) is 46.7 Å². The predicted molar refractivity (Wildman–Crippen MR) is 148 cm³/mol. The molecule has 9 heteroatoms. The van der Waals surface area contributed by atoms with E-state index < -0.39 is 23.7 Å². The minimum absolute atomic E-state index is 0.00475. The van der Waals surface area contributed by atoms with E-state index in [1.807, 2.05) is 55.0 Å². The number of benzene rings is 1. The van der Waals surface area contributed by atoms with Gasteiger partial charge in [-0.1, -0.05) is 26.0 Å². The van der Waals surface area contributed by atoms with Crippen molar-refractivity contribution in [3.63, 3.8) is 0 Å². The van der Waals surface area contributed by atoms with Gasteiger partial charge in [-0.05, 0) is 78.8 Å². The minimum Gasteiger partial charge on any atom is -0.445 e. The van der Waals surface area contributed by atoms with Crippen LogP contribution in [0.1, 0.15) is 50.8 Å². The molecule has 0 spiro atoms. The van der Waals surface area contributed by atoms with Gasteiger partial charge in [0.15, 0.2) is 0 Å². The Kier molecular flexibility index (Phi) is 8.89. The van der Waals surface area contributed by atoms with Crippen molar-refractivity contribution in [2.75, 3.05) is 18.2 Å². The number of aliphatic hydroxyl groups excluding tert-OH is 2. The number of fused-ring (bicyclic) bond motifs is 1. The largest absolute Gasteiger partial charge is 0.445 e. The van der Waals surface area contributed by atoms with Crippen molar-refractivity contribution >= 4 is 40.8 Å². The minimum atomic E-state index is -0.683. The molecule has 202 valence electrons. The Morgan fingerprint density at radius 2 is 2.00 bits per heavy atom. The molecule has 2 amide bonds. The lowest BCUT2D eigenvalue weighted by Gasteiger charge is -2.60. The van der Waals surface area contributed by atoms with Crippen LogP contribution in [0.25, 0.3) is 0 Å². The highest BCUT2D eigenvalue weighted by molar-refractivity contribution is 7.98. The lowest BCUT2D eigenvalue weighted by atomic mass is 9.46. The van der Waals surface area contributed by atoms with Crippen LogP contribution in [0.2, 0.25) is 0 Å². The molecular weight excluding hydrogens is 508 g/mol. The van der Waals surface area contributed by atoms with E-state index >= 15 is 0 Å². The Morgan fingerprint density at radius 1 is 1.19 bits per heavy atom. The second-order valence-corrected chi connectivity index (χ2v) is 12.7. The number of hydrogen-bond acceptors (Lipinski definition) is 7. The highest BCUT2D eigenvalue weighted by Crippen LogP contribution is 2.61. The monoisotopic (exact) mass is 546 g/mol. The van der Waals surface area contributed by atoms with Crippen LogP contribution in [0.4, 0.5) is 10.5 Å². The normalized spacial score (nSPS) is 31.3. The Labute approximate surface area is 227 Å². The Balaban J connectivity index is 1.45. The highest BCUT2D eigenvalue weighted by atomic mass is 32.2. The van der Waals surface area contributed by atoms with Crippen LogP contribution in [-0.2, 0) is 16.1 Å². The molecule has 6 unspecified atom stereocenters. The van der Waals surface area contributed by atoms with Gasteiger partial charge in [0.1, 0.15) is 6.10 Å². The van der Waals surface area contributed by atoms with Crippen molar-refractivity contribution in [2.45, 2.75) is 69.6 Å². The molecule has 2 aliphatic rings. The van der Waals surface area contributed by atoms with Gasteiger partial charge < -0.3 is 20.3 Å². The van der Waals surface area contributed by atoms with Gasteiger partial charge in [0, 0.05) is 27.3 Å². The van der Waals surface area contributed by atoms with Gasteiger partial charge >= 0.3 is 6.09 Å². The van der Waals surface area contributed by atoms with E-state index in [4.69, 9.17) is 4.74 Å². The molecule has 2 aromatic rings. The first-order valence-electron chi connectivity index (χ1n) is 12.9. The summed E-state index contributed by atoms with van der Waals surface area (Å²) in [6, 6.07) is 11.5. The van der Waals surface area contributed by atoms with E-state index in [0.29, 0.717) is 37.9 Å². The van der Waals surface area contributed by atoms with Crippen molar-refractivity contribution in [3.8, 4) is 0 Å². The van der Waals surface area contributed by atoms with E-state index in [0.717, 1.165) is 9.77 Å². The number of anilines is 1. The molecular formula is C28H38N2O5S2. The van der Waals surface area contributed by atoms with E-state index in [9.17, 15) is 19.8 Å². The number of aliphatic hydroxyl groups is 2. The van der Waals surface area contributed by atoms with Gasteiger partial charge in [0.05, 0.1) is 19.3 Å². The van der Waals surface area contributed by atoms with E-state index in [1.165, 1.54) is 0 Å². The SMILES string of the molecule is CSc1cccc(NC(=O)OC2CCC3(C)C(CC(=O)NCc4cccs4)C(O)CCC3C2(C)CO)c1. The zero-order valence-electron chi connectivity index (χ0n) is 21.7. The maximum Gasteiger partial charge on any atom is 0.411 e. The first kappa shape index (κ1) is 28.0. The fraction of sp³-hybridized carbons (Fsp3) is 0.571. The third-order valence-corrected chi connectivity index (χ3v) is 10.3. The van der Waals surface area contributed by atoms with Gasteiger partial charge in [-0.25, -0.2) is 4.79 Å². The van der Waals surface area contributed by atoms with Gasteiger partial charge in [0.25, 0.3) is 0 Å². The highest BCUT2D eigenvalue weighted by Gasteiger charge is 2.60. The fourth-order valence-electron chi connectivity index (χ4n) is 6.63. The summed E-state index contributed by atoms with van der Waals surface area (Å²) in [5.41, 5.74) is -0.381. The molecule has 0 aliphatic heterocycles. The number of carbonyl (C=O) groups is 2. The third-order valence-electron chi connectivity index (χ3n) is 8.69. The van der Waals surface area contributed by atoms with E-state index in [1.54, 1.807) is 23.1 Å². The quantitative estimate of drug-likeness (QED) is 0.336. The summed E-state index contributed by atoms with van der Waals surface area (Å²) in [6.45, 7) is 4.46. The van der Waals surface area contributed by atoms with Crippen molar-refractivity contribution in [2.24, 2.45) is 22.7 Å². The number of nitrogens with one attached hydrogen (secondary N) is 2. The molecule has 1 aromatic heterocycles. The summed E-state index contributed by atoms with van der Waals surface area (Å²) in [4.78, 5) is 27.9. The van der Waals surface area contributed by atoms with Crippen LogP contribution in [0.15, 0.2) is 46.7 Å². The second kappa shape index (κ2) is 11.8. The Bertz CT molecular complexity index is 1080. The Morgan fingerprint density at radius 3 is 2.70 bits per heavy atom. The molecule has 7 nitrogen and oxygen atoms in total. The van der Waals surface area contributed by atoms with Gasteiger partial charge in [-0.15, -0.1) is 23.1 Å². The fourth-order valence-corrected chi connectivity index (χ4v) is 7.73. The first-order chi connectivity index (χ1) is 17.7. The van der Waals surface area contributed by atoms with Crippen LogP contribution in [0.3, 0.4) is 0 Å². The van der Waals surface area contributed by atoms with Gasteiger partial charge in [-0.2, -0.15) is 0 Å². The average Bonchev–Trinajstić information content (AvgIpc) is 3.41. The average molecular weight is 547 g/mol. The van der Waals surface area contributed by atoms with E-state index in [-0.39, 0.29) is 36.2 Å². The van der Waals surface area contributed by atoms with Crippen molar-refractivity contribution in [1.82, 2.24) is 5.32 Å². The molecule has 37 heavy (non-hydrogen) atoms. The van der Waals surface area contributed by atoms with Crippen LogP contribution in [0, 0.1) is 22.7 Å². The second-order valence-electron chi connectivity index (χ2n) is 10.8. The van der Waals surface area contributed by atoms with Gasteiger partial charge in [0.2, 0.25) is 5.91 Å². The Hall–Kier alpha value is -2.07. The number of thioether (sulfide) groups is 1. The molecule has 0 radical (unpaired) electrons. The summed E-state index contributed by atoms with van der Waals surface area (Å²) in [5.74, 6) is -0.311. The molecule has 0 bridgehead atoms. The van der Waals surface area contributed by atoms with Crippen LogP contribution < -0.4 is 10.6 Å². The summed E-state index contributed by atoms with van der Waals surface area (Å²) in [7, 11) is 0. The topological polar surface area (TPSA) is 108 Å². The van der Waals surface area contributed by atoms with Crippen LogP contribution >= 0.6 is 23.1 Å². The molecule has 4 rings (SSSR count). The molecule has 2 saturated carbocycles. The number of ether oxygens (including phenoxy) is 1. The molecule has 1 aromatic carbocycles. The summed E-state index contributed by atoms with van der Waals surface area (Å²) >= 11 is 3.19. The number of rotatable bonds is 8. The zero-order chi connectivity index (χ0) is 26.6. The predicted octanol–water partition coefficient (Wildman–Crippen LogP) is 5.28. The zero-order valence-corrected chi connectivity index (χ0v) is 23.4. The first-order valence-corrected chi connectivity index (χ1v) is 15.0. The number of thiophene rings is 1. The maximum atomic E-state index is 12.9. The summed E-state index contributed by atoms with van der Waals surface area (Å²) < 4.78 is 5.93. The molecule has 0 saturated heterocycles. The van der Waals surface area contributed by atoms with Gasteiger partial charge in [-0.3, -0.25) is 10.1 Å². The molecule has 1 heterocycles. The van der Waals surface area contributed by atoms with E-state index in [2.05, 4.69) is 17.6 Å². The standard InChI is InChI=1S/C28H38N2O5S2/c1-27-12-11-24(35-26(34)30-18-6-4-7-19(14-18)36-3)28(2,17-31)23(27)10-9-22(32)21(27)15-25(33)29-16-20-8-5-13-37-20/h4-8,13-14,21-24,31-32H,9-12,15-17H2,1-3H3,(H,29,33)(H,30,34). The van der Waals surface area contributed by atoms with Crippen LogP contribution in [-0.4, -0.2) is 47.3 Å². The third kappa shape index (κ3) is 6.00. The number of hydrogen-bond donors (Lipinski definition) is 4. The maximum absolute atomic E-state index is 12.9. The molecule has 4 N–H and O–H groups in total. The number of amides is 2. The molecule has 2 fully saturated rings. The molecule has 2 aliphatic carbocycles. The number of carbonyl (C=O) groups excluding carboxylic acids is 2.